The first-order valence-electron chi connectivity index (χ1n) is 8.47. The molecule has 1 aliphatic rings. The van der Waals surface area contributed by atoms with Crippen molar-refractivity contribution in [2.75, 3.05) is 0 Å². The number of amides is 1. The summed E-state index contributed by atoms with van der Waals surface area (Å²) >= 11 is 0. The molecule has 0 spiro atoms. The highest BCUT2D eigenvalue weighted by molar-refractivity contribution is 5.78. The van der Waals surface area contributed by atoms with Gasteiger partial charge in [0.15, 0.2) is 5.76 Å². The molecule has 1 aliphatic carbocycles. The minimum atomic E-state index is -0.0422. The van der Waals surface area contributed by atoms with Crippen molar-refractivity contribution in [1.82, 2.24) is 19.9 Å². The summed E-state index contributed by atoms with van der Waals surface area (Å²) in [5.41, 5.74) is 0.640. The Morgan fingerprint density at radius 2 is 2.36 bits per heavy atom. The Bertz CT molecular complexity index is 836. The Balaban J connectivity index is 1.42. The molecule has 0 bridgehead atoms. The summed E-state index contributed by atoms with van der Waals surface area (Å²) in [6.07, 6.45) is 10.4. The maximum atomic E-state index is 12.5. The van der Waals surface area contributed by atoms with Gasteiger partial charge in [-0.1, -0.05) is 0 Å². The summed E-state index contributed by atoms with van der Waals surface area (Å²) in [6, 6.07) is 3.95. The monoisotopic (exact) mass is 340 g/mol. The molecule has 0 unspecified atom stereocenters. The van der Waals surface area contributed by atoms with Crippen molar-refractivity contribution in [2.45, 2.75) is 44.7 Å². The fourth-order valence-electron chi connectivity index (χ4n) is 3.44. The van der Waals surface area contributed by atoms with Crippen LogP contribution in [0, 0.1) is 6.92 Å². The van der Waals surface area contributed by atoms with Crippen LogP contribution >= 0.6 is 0 Å². The van der Waals surface area contributed by atoms with E-state index in [0.717, 1.165) is 19.3 Å². The highest BCUT2D eigenvalue weighted by Crippen LogP contribution is 2.30. The third kappa shape index (κ3) is 3.22. The molecule has 25 heavy (non-hydrogen) atoms. The lowest BCUT2D eigenvalue weighted by Crippen LogP contribution is -2.39. The molecule has 130 valence electrons. The van der Waals surface area contributed by atoms with Crippen molar-refractivity contribution in [3.8, 4) is 11.7 Å². The normalized spacial score (nSPS) is 20.0. The number of carbonyl (C=O) groups excluding carboxylic acids is 1. The lowest BCUT2D eigenvalue weighted by atomic mass is 10.1. The van der Waals surface area contributed by atoms with Crippen LogP contribution in [0.1, 0.15) is 36.8 Å². The SMILES string of the molecule is Cc1oc(-c2ccco2)nc1CC(=O)N[C@H]1CCC[C@@H]1n1ccnc1. The van der Waals surface area contributed by atoms with E-state index in [-0.39, 0.29) is 24.4 Å². The smallest absolute Gasteiger partial charge is 0.263 e. The average Bonchev–Trinajstić information content (AvgIpc) is 3.35. The Kier molecular flexibility index (Phi) is 4.13. The topological polar surface area (TPSA) is 86.1 Å². The maximum absolute atomic E-state index is 12.5. The zero-order chi connectivity index (χ0) is 17.2. The summed E-state index contributed by atoms with van der Waals surface area (Å²) in [5, 5.41) is 3.14. The van der Waals surface area contributed by atoms with E-state index in [9.17, 15) is 4.79 Å². The quantitative estimate of drug-likeness (QED) is 0.772. The van der Waals surface area contributed by atoms with Crippen molar-refractivity contribution < 1.29 is 13.6 Å². The van der Waals surface area contributed by atoms with Gasteiger partial charge in [0.25, 0.3) is 5.89 Å². The first-order valence-corrected chi connectivity index (χ1v) is 8.47. The third-order valence-corrected chi connectivity index (χ3v) is 4.69. The molecule has 1 fully saturated rings. The molecule has 3 aromatic rings. The van der Waals surface area contributed by atoms with E-state index < -0.39 is 0 Å². The lowest BCUT2D eigenvalue weighted by molar-refractivity contribution is -0.121. The number of hydrogen-bond acceptors (Lipinski definition) is 5. The minimum Gasteiger partial charge on any atom is -0.459 e. The van der Waals surface area contributed by atoms with Crippen molar-refractivity contribution in [1.29, 1.82) is 0 Å². The highest BCUT2D eigenvalue weighted by Gasteiger charge is 2.30. The third-order valence-electron chi connectivity index (χ3n) is 4.69. The molecule has 4 rings (SSSR count). The summed E-state index contributed by atoms with van der Waals surface area (Å²) < 4.78 is 13.0. The van der Waals surface area contributed by atoms with Crippen molar-refractivity contribution in [2.24, 2.45) is 0 Å². The van der Waals surface area contributed by atoms with Crippen LogP contribution in [0.25, 0.3) is 11.7 Å². The molecule has 1 amide bonds. The Morgan fingerprint density at radius 1 is 1.44 bits per heavy atom. The fourth-order valence-corrected chi connectivity index (χ4v) is 3.44. The lowest BCUT2D eigenvalue weighted by Gasteiger charge is -2.22. The molecule has 7 heteroatoms. The van der Waals surface area contributed by atoms with Gasteiger partial charge in [0.05, 0.1) is 30.7 Å². The molecular formula is C18H20N4O3. The van der Waals surface area contributed by atoms with Gasteiger partial charge in [0, 0.05) is 18.4 Å². The molecule has 0 aromatic carbocycles. The number of hydrogen-bond donors (Lipinski definition) is 1. The van der Waals surface area contributed by atoms with E-state index >= 15 is 0 Å². The van der Waals surface area contributed by atoms with Crippen molar-refractivity contribution in [3.05, 3.63) is 48.6 Å². The van der Waals surface area contributed by atoms with Crippen LogP contribution in [0.5, 0.6) is 0 Å². The minimum absolute atomic E-state index is 0.0422. The van der Waals surface area contributed by atoms with Crippen LogP contribution in [-0.2, 0) is 11.2 Å². The van der Waals surface area contributed by atoms with E-state index in [0.29, 0.717) is 23.1 Å². The molecule has 0 radical (unpaired) electrons. The number of oxazole rings is 1. The number of nitrogens with zero attached hydrogens (tertiary/aromatic N) is 3. The first kappa shape index (κ1) is 15.7. The summed E-state index contributed by atoms with van der Waals surface area (Å²) in [7, 11) is 0. The largest absolute Gasteiger partial charge is 0.459 e. The van der Waals surface area contributed by atoms with Gasteiger partial charge >= 0.3 is 0 Å². The molecule has 2 atom stereocenters. The van der Waals surface area contributed by atoms with E-state index in [1.54, 1.807) is 24.6 Å². The van der Waals surface area contributed by atoms with E-state index in [2.05, 4.69) is 19.9 Å². The molecule has 0 aliphatic heterocycles. The molecule has 3 aromatic heterocycles. The number of aromatic nitrogens is 3. The fraction of sp³-hybridized carbons (Fsp3) is 0.389. The van der Waals surface area contributed by atoms with Crippen molar-refractivity contribution in [3.63, 3.8) is 0 Å². The van der Waals surface area contributed by atoms with E-state index in [1.807, 2.05) is 19.4 Å². The van der Waals surface area contributed by atoms with Crippen LogP contribution in [0.4, 0.5) is 0 Å². The number of aryl methyl sites for hydroxylation is 1. The Morgan fingerprint density at radius 3 is 3.12 bits per heavy atom. The second-order valence-corrected chi connectivity index (χ2v) is 6.36. The predicted molar refractivity (Wildman–Crippen MR) is 89.7 cm³/mol. The van der Waals surface area contributed by atoms with Gasteiger partial charge in [-0.2, -0.15) is 0 Å². The van der Waals surface area contributed by atoms with Gasteiger partial charge in [0.2, 0.25) is 5.91 Å². The Labute approximate surface area is 145 Å². The van der Waals surface area contributed by atoms with Gasteiger partial charge in [0.1, 0.15) is 5.76 Å². The molecule has 1 saturated carbocycles. The van der Waals surface area contributed by atoms with Gasteiger partial charge in [-0.15, -0.1) is 0 Å². The summed E-state index contributed by atoms with van der Waals surface area (Å²) in [6.45, 7) is 1.81. The van der Waals surface area contributed by atoms with Gasteiger partial charge in [-0.3, -0.25) is 4.79 Å². The van der Waals surface area contributed by atoms with Crippen LogP contribution in [0.2, 0.25) is 0 Å². The predicted octanol–water partition coefficient (Wildman–Crippen LogP) is 2.89. The number of imidazole rings is 1. The van der Waals surface area contributed by atoms with Crippen molar-refractivity contribution >= 4 is 5.91 Å². The van der Waals surface area contributed by atoms with E-state index in [1.165, 1.54) is 0 Å². The molecular weight excluding hydrogens is 320 g/mol. The number of nitrogens with one attached hydrogen (secondary N) is 1. The van der Waals surface area contributed by atoms with Crippen LogP contribution in [0.3, 0.4) is 0 Å². The second-order valence-electron chi connectivity index (χ2n) is 6.36. The van der Waals surface area contributed by atoms with Crippen LogP contribution in [0.15, 0.2) is 46.0 Å². The molecule has 3 heterocycles. The standard InChI is InChI=1S/C18H20N4O3/c1-12-14(21-18(25-12)16-6-3-9-24-16)10-17(23)20-13-4-2-5-15(13)22-8-7-19-11-22/h3,6-9,11,13,15H,2,4-5,10H2,1H3,(H,20,23)/t13-,15-/m0/s1. The van der Waals surface area contributed by atoms with Gasteiger partial charge in [-0.05, 0) is 38.3 Å². The van der Waals surface area contributed by atoms with E-state index in [4.69, 9.17) is 8.83 Å². The Hall–Kier alpha value is -2.83. The average molecular weight is 340 g/mol. The number of furan rings is 1. The van der Waals surface area contributed by atoms with Gasteiger partial charge < -0.3 is 18.7 Å². The summed E-state index contributed by atoms with van der Waals surface area (Å²) in [4.78, 5) is 21.0. The second kappa shape index (κ2) is 6.58. The van der Waals surface area contributed by atoms with Crippen LogP contribution in [-0.4, -0.2) is 26.5 Å². The maximum Gasteiger partial charge on any atom is 0.263 e. The number of carbonyl (C=O) groups is 1. The van der Waals surface area contributed by atoms with Crippen LogP contribution < -0.4 is 5.32 Å². The zero-order valence-corrected chi connectivity index (χ0v) is 14.0. The number of rotatable bonds is 5. The molecule has 1 N–H and O–H groups in total. The summed E-state index contributed by atoms with van der Waals surface area (Å²) in [5.74, 6) is 1.56. The molecule has 7 nitrogen and oxygen atoms in total. The highest BCUT2D eigenvalue weighted by atomic mass is 16.4. The first-order chi connectivity index (χ1) is 12.2. The zero-order valence-electron chi connectivity index (χ0n) is 14.0. The van der Waals surface area contributed by atoms with Gasteiger partial charge in [-0.25, -0.2) is 9.97 Å². The molecule has 0 saturated heterocycles.